The number of anilines is 1. The van der Waals surface area contributed by atoms with Crippen LogP contribution in [0.4, 0.5) is 5.69 Å². The highest BCUT2D eigenvalue weighted by Gasteiger charge is 2.02. The highest BCUT2D eigenvalue weighted by molar-refractivity contribution is 7.98. The van der Waals surface area contributed by atoms with E-state index in [9.17, 15) is 0 Å². The predicted molar refractivity (Wildman–Crippen MR) is 59.2 cm³/mol. The summed E-state index contributed by atoms with van der Waals surface area (Å²) in [7, 11) is 1.82. The Morgan fingerprint density at radius 1 is 1.33 bits per heavy atom. The van der Waals surface area contributed by atoms with Crippen molar-refractivity contribution in [1.82, 2.24) is 20.2 Å². The molecule has 0 saturated carbocycles. The summed E-state index contributed by atoms with van der Waals surface area (Å²) in [4.78, 5) is 0. The molecule has 0 spiro atoms. The molecule has 15 heavy (non-hydrogen) atoms. The first-order valence-electron chi connectivity index (χ1n) is 4.45. The van der Waals surface area contributed by atoms with Crippen LogP contribution in [0.15, 0.2) is 29.4 Å². The Bertz CT molecular complexity index is 436. The number of aryl methyl sites for hydroxylation is 1. The third-order valence-corrected chi connectivity index (χ3v) is 3.01. The minimum Gasteiger partial charge on any atom is -0.399 e. The van der Waals surface area contributed by atoms with Gasteiger partial charge < -0.3 is 5.73 Å². The number of thioether (sulfide) groups is 1. The van der Waals surface area contributed by atoms with Gasteiger partial charge >= 0.3 is 0 Å². The lowest BCUT2D eigenvalue weighted by atomic mass is 10.2. The van der Waals surface area contributed by atoms with Crippen molar-refractivity contribution in [3.05, 3.63) is 29.8 Å². The molecule has 1 aromatic heterocycles. The fourth-order valence-electron chi connectivity index (χ4n) is 1.11. The maximum Gasteiger partial charge on any atom is 0.209 e. The largest absolute Gasteiger partial charge is 0.399 e. The molecule has 1 aromatic carbocycles. The van der Waals surface area contributed by atoms with Crippen LogP contribution >= 0.6 is 11.8 Å². The molecule has 2 rings (SSSR count). The maximum absolute atomic E-state index is 5.60. The fourth-order valence-corrected chi connectivity index (χ4v) is 1.91. The summed E-state index contributed by atoms with van der Waals surface area (Å²) >= 11 is 1.60. The van der Waals surface area contributed by atoms with E-state index >= 15 is 0 Å². The first kappa shape index (κ1) is 9.97. The van der Waals surface area contributed by atoms with Crippen molar-refractivity contribution in [2.75, 3.05) is 5.73 Å². The Morgan fingerprint density at radius 2 is 2.07 bits per heavy atom. The Kier molecular flexibility index (Phi) is 2.86. The van der Waals surface area contributed by atoms with Crippen LogP contribution in [0.5, 0.6) is 0 Å². The van der Waals surface area contributed by atoms with Gasteiger partial charge in [0.05, 0.1) is 0 Å². The number of rotatable bonds is 3. The zero-order chi connectivity index (χ0) is 10.7. The molecule has 5 nitrogen and oxygen atoms in total. The van der Waals surface area contributed by atoms with Gasteiger partial charge in [-0.05, 0) is 28.1 Å². The van der Waals surface area contributed by atoms with Crippen molar-refractivity contribution in [1.29, 1.82) is 0 Å². The molecule has 0 bridgehead atoms. The molecule has 0 aliphatic heterocycles. The van der Waals surface area contributed by atoms with Crippen LogP contribution in [0.3, 0.4) is 0 Å². The number of hydrogen-bond acceptors (Lipinski definition) is 5. The molecule has 0 atom stereocenters. The smallest absolute Gasteiger partial charge is 0.209 e. The number of hydrogen-bond donors (Lipinski definition) is 1. The highest BCUT2D eigenvalue weighted by atomic mass is 32.2. The second-order valence-corrected chi connectivity index (χ2v) is 4.06. The fraction of sp³-hybridized carbons (Fsp3) is 0.222. The molecule has 0 aliphatic rings. The lowest BCUT2D eigenvalue weighted by Crippen LogP contribution is -1.93. The van der Waals surface area contributed by atoms with Gasteiger partial charge in [-0.2, -0.15) is 0 Å². The van der Waals surface area contributed by atoms with E-state index in [1.165, 1.54) is 5.56 Å². The van der Waals surface area contributed by atoms with Crippen molar-refractivity contribution >= 4 is 17.4 Å². The monoisotopic (exact) mass is 221 g/mol. The average molecular weight is 221 g/mol. The van der Waals surface area contributed by atoms with Crippen molar-refractivity contribution in [2.24, 2.45) is 7.05 Å². The minimum atomic E-state index is 0.782. The third-order valence-electron chi connectivity index (χ3n) is 1.93. The molecular formula is C9H11N5S. The number of nitrogens with zero attached hydrogens (tertiary/aromatic N) is 4. The molecule has 0 amide bonds. The minimum absolute atomic E-state index is 0.782. The molecule has 0 radical (unpaired) electrons. The van der Waals surface area contributed by atoms with E-state index in [2.05, 4.69) is 15.5 Å². The van der Waals surface area contributed by atoms with Gasteiger partial charge in [-0.15, -0.1) is 5.10 Å². The molecule has 6 heteroatoms. The van der Waals surface area contributed by atoms with Crippen LogP contribution in [0, 0.1) is 0 Å². The summed E-state index contributed by atoms with van der Waals surface area (Å²) in [5.74, 6) is 0.842. The second-order valence-electron chi connectivity index (χ2n) is 3.12. The van der Waals surface area contributed by atoms with E-state index < -0.39 is 0 Å². The van der Waals surface area contributed by atoms with E-state index in [-0.39, 0.29) is 0 Å². The summed E-state index contributed by atoms with van der Waals surface area (Å²) in [6.45, 7) is 0. The van der Waals surface area contributed by atoms with Gasteiger partial charge in [0.15, 0.2) is 0 Å². The lowest BCUT2D eigenvalue weighted by molar-refractivity contribution is 0.664. The lowest BCUT2D eigenvalue weighted by Gasteiger charge is -2.00. The van der Waals surface area contributed by atoms with Crippen molar-refractivity contribution in [2.45, 2.75) is 10.9 Å². The van der Waals surface area contributed by atoms with Gasteiger partial charge in [-0.1, -0.05) is 23.9 Å². The van der Waals surface area contributed by atoms with Crippen LogP contribution < -0.4 is 5.73 Å². The quantitative estimate of drug-likeness (QED) is 0.620. The zero-order valence-electron chi connectivity index (χ0n) is 8.29. The second kappa shape index (κ2) is 4.31. The predicted octanol–water partition coefficient (Wildman–Crippen LogP) is 1.08. The van der Waals surface area contributed by atoms with E-state index in [1.807, 2.05) is 31.3 Å². The van der Waals surface area contributed by atoms with Crippen LogP contribution in [0.2, 0.25) is 0 Å². The highest BCUT2D eigenvalue weighted by Crippen LogP contribution is 2.19. The van der Waals surface area contributed by atoms with Gasteiger partial charge in [-0.3, -0.25) is 0 Å². The molecule has 2 aromatic rings. The third kappa shape index (κ3) is 2.47. The van der Waals surface area contributed by atoms with Crippen LogP contribution in [-0.4, -0.2) is 20.2 Å². The molecular weight excluding hydrogens is 210 g/mol. The molecule has 0 unspecified atom stereocenters. The number of nitrogen functional groups attached to an aromatic ring is 1. The van der Waals surface area contributed by atoms with Crippen molar-refractivity contribution in [3.8, 4) is 0 Å². The Balaban J connectivity index is 1.99. The number of aromatic nitrogens is 4. The topological polar surface area (TPSA) is 69.6 Å². The van der Waals surface area contributed by atoms with Gasteiger partial charge in [0.1, 0.15) is 0 Å². The molecule has 0 fully saturated rings. The zero-order valence-corrected chi connectivity index (χ0v) is 9.11. The van der Waals surface area contributed by atoms with Crippen molar-refractivity contribution < 1.29 is 0 Å². The standard InChI is InChI=1S/C9H11N5S/c1-14-9(11-12-13-14)15-6-7-2-4-8(10)5-3-7/h2-5H,6,10H2,1H3. The SMILES string of the molecule is Cn1nnnc1SCc1ccc(N)cc1. The van der Waals surface area contributed by atoms with Crippen molar-refractivity contribution in [3.63, 3.8) is 0 Å². The van der Waals surface area contributed by atoms with Gasteiger partial charge in [0, 0.05) is 18.5 Å². The molecule has 0 saturated heterocycles. The van der Waals surface area contributed by atoms with Crippen LogP contribution in [0.1, 0.15) is 5.56 Å². The van der Waals surface area contributed by atoms with E-state index in [0.29, 0.717) is 0 Å². The molecule has 2 N–H and O–H groups in total. The summed E-state index contributed by atoms with van der Waals surface area (Å²) in [5.41, 5.74) is 7.59. The number of benzene rings is 1. The summed E-state index contributed by atoms with van der Waals surface area (Å²) < 4.78 is 1.65. The van der Waals surface area contributed by atoms with Crippen LogP contribution in [0.25, 0.3) is 0 Å². The van der Waals surface area contributed by atoms with Gasteiger partial charge in [0.25, 0.3) is 0 Å². The first-order chi connectivity index (χ1) is 7.25. The van der Waals surface area contributed by atoms with Crippen LogP contribution in [-0.2, 0) is 12.8 Å². The Morgan fingerprint density at radius 3 is 2.67 bits per heavy atom. The maximum atomic E-state index is 5.60. The summed E-state index contributed by atoms with van der Waals surface area (Å²) in [6, 6.07) is 7.80. The molecule has 1 heterocycles. The molecule has 0 aliphatic carbocycles. The van der Waals surface area contributed by atoms with Gasteiger partial charge in [-0.25, -0.2) is 4.68 Å². The molecule has 78 valence electrons. The van der Waals surface area contributed by atoms with E-state index in [4.69, 9.17) is 5.73 Å². The first-order valence-corrected chi connectivity index (χ1v) is 5.44. The van der Waals surface area contributed by atoms with E-state index in [0.717, 1.165) is 16.6 Å². The van der Waals surface area contributed by atoms with E-state index in [1.54, 1.807) is 16.4 Å². The average Bonchev–Trinajstić information content (AvgIpc) is 2.63. The summed E-state index contributed by atoms with van der Waals surface area (Å²) in [6.07, 6.45) is 0. The number of nitrogens with two attached hydrogens (primary N) is 1. The Labute approximate surface area is 91.7 Å². The number of tetrazole rings is 1. The van der Waals surface area contributed by atoms with Gasteiger partial charge in [0.2, 0.25) is 5.16 Å². The Hall–Kier alpha value is -1.56. The normalized spacial score (nSPS) is 10.5. The summed E-state index contributed by atoms with van der Waals surface area (Å²) in [5, 5.41) is 12.0.